The van der Waals surface area contributed by atoms with Crippen LogP contribution in [0.3, 0.4) is 0 Å². The van der Waals surface area contributed by atoms with E-state index in [1.54, 1.807) is 30.0 Å². The van der Waals surface area contributed by atoms with Crippen molar-refractivity contribution in [1.29, 1.82) is 0 Å². The van der Waals surface area contributed by atoms with Crippen molar-refractivity contribution in [3.63, 3.8) is 0 Å². The maximum Gasteiger partial charge on any atom is 0.286 e. The van der Waals surface area contributed by atoms with Gasteiger partial charge in [-0.05, 0) is 42.0 Å². The first kappa shape index (κ1) is 20.4. The number of hydrogen-bond acceptors (Lipinski definition) is 5. The van der Waals surface area contributed by atoms with Crippen LogP contribution in [0.25, 0.3) is 0 Å². The summed E-state index contributed by atoms with van der Waals surface area (Å²) in [7, 11) is -3.73. The summed E-state index contributed by atoms with van der Waals surface area (Å²) in [6.07, 6.45) is 2.55. The Bertz CT molecular complexity index is 1030. The first-order valence-corrected chi connectivity index (χ1v) is 11.5. The Balaban J connectivity index is 1.68. The molecule has 0 fully saturated rings. The van der Waals surface area contributed by atoms with E-state index >= 15 is 0 Å². The number of rotatable bonds is 6. The van der Waals surface area contributed by atoms with Gasteiger partial charge in [-0.15, -0.1) is 16.2 Å². The van der Waals surface area contributed by atoms with Crippen LogP contribution >= 0.6 is 11.8 Å². The van der Waals surface area contributed by atoms with Gasteiger partial charge in [0, 0.05) is 23.4 Å². The number of benzene rings is 2. The van der Waals surface area contributed by atoms with Gasteiger partial charge in [0.1, 0.15) is 10.7 Å². The summed E-state index contributed by atoms with van der Waals surface area (Å²) in [5, 5.41) is 5.99. The molecule has 1 amide bonds. The molecule has 0 atom stereocenters. The first-order valence-electron chi connectivity index (χ1n) is 8.82. The molecule has 148 valence electrons. The third-order valence-corrected chi connectivity index (χ3v) is 6.41. The third kappa shape index (κ3) is 4.94. The molecule has 3 rings (SSSR count). The largest absolute Gasteiger partial charge is 0.342 e. The van der Waals surface area contributed by atoms with Crippen LogP contribution < -0.4 is 10.6 Å². The van der Waals surface area contributed by atoms with Gasteiger partial charge in [0.15, 0.2) is 0 Å². The lowest BCUT2D eigenvalue weighted by Crippen LogP contribution is -2.30. The first-order chi connectivity index (χ1) is 13.2. The van der Waals surface area contributed by atoms with Crippen molar-refractivity contribution in [3.8, 4) is 0 Å². The van der Waals surface area contributed by atoms with Gasteiger partial charge in [0.05, 0.1) is 5.69 Å². The fourth-order valence-electron chi connectivity index (χ4n) is 3.10. The molecule has 2 aromatic carbocycles. The summed E-state index contributed by atoms with van der Waals surface area (Å²) in [5.74, 6) is 0.226. The van der Waals surface area contributed by atoms with E-state index in [0.717, 1.165) is 10.6 Å². The van der Waals surface area contributed by atoms with Crippen molar-refractivity contribution in [3.05, 3.63) is 48.5 Å². The lowest BCUT2D eigenvalue weighted by Gasteiger charge is -2.27. The Morgan fingerprint density at radius 2 is 1.93 bits per heavy atom. The Morgan fingerprint density at radius 1 is 1.18 bits per heavy atom. The minimum atomic E-state index is -3.73. The highest BCUT2D eigenvalue weighted by atomic mass is 32.2. The number of nitrogens with zero attached hydrogens (tertiary/aromatic N) is 1. The van der Waals surface area contributed by atoms with Gasteiger partial charge in [-0.1, -0.05) is 32.0 Å². The average Bonchev–Trinajstić information content (AvgIpc) is 2.60. The van der Waals surface area contributed by atoms with Gasteiger partial charge < -0.3 is 10.6 Å². The molecule has 2 N–H and O–H groups in total. The van der Waals surface area contributed by atoms with E-state index in [9.17, 15) is 13.2 Å². The highest BCUT2D eigenvalue weighted by Crippen LogP contribution is 2.32. The normalized spacial score (nSPS) is 15.2. The van der Waals surface area contributed by atoms with Crippen molar-refractivity contribution in [2.24, 2.45) is 9.81 Å². The van der Waals surface area contributed by atoms with E-state index in [2.05, 4.69) is 15.0 Å². The molecule has 0 radical (unpaired) electrons. The van der Waals surface area contributed by atoms with Crippen LogP contribution in [0.2, 0.25) is 0 Å². The second kappa shape index (κ2) is 7.97. The highest BCUT2D eigenvalue weighted by molar-refractivity contribution is 7.98. The summed E-state index contributed by atoms with van der Waals surface area (Å²) in [6, 6.07) is 14.3. The van der Waals surface area contributed by atoms with Gasteiger partial charge in [0.25, 0.3) is 10.0 Å². The fraction of sp³-hybridized carbons (Fsp3) is 0.300. The zero-order valence-electron chi connectivity index (χ0n) is 16.0. The molecule has 0 aromatic heterocycles. The smallest absolute Gasteiger partial charge is 0.286 e. The van der Waals surface area contributed by atoms with E-state index in [1.807, 2.05) is 44.4 Å². The average molecular weight is 418 g/mol. The predicted octanol–water partition coefficient (Wildman–Crippen LogP) is 4.37. The number of amidine groups is 1. The molecule has 1 aliphatic heterocycles. The zero-order valence-corrected chi connectivity index (χ0v) is 17.7. The molecule has 0 aliphatic carbocycles. The van der Waals surface area contributed by atoms with E-state index in [4.69, 9.17) is 0 Å². The van der Waals surface area contributed by atoms with Crippen molar-refractivity contribution in [1.82, 2.24) is 0 Å². The maximum absolute atomic E-state index is 12.5. The predicted molar refractivity (Wildman–Crippen MR) is 115 cm³/mol. The molecule has 0 bridgehead atoms. The van der Waals surface area contributed by atoms with Gasteiger partial charge in [-0.2, -0.15) is 8.42 Å². The van der Waals surface area contributed by atoms with Crippen LogP contribution in [0.1, 0.15) is 26.7 Å². The Morgan fingerprint density at radius 3 is 2.68 bits per heavy atom. The standard InChI is InChI=1S/C20H23N3O3S2/c1-20(2,13-19(24)21-14-7-6-8-15(11-14)27-3)12-18-22-16-9-4-5-10-17(16)28(25,26)23-18/h4-11H,12-13H2,1-3H3,(H,21,24)(H,22,23). The molecule has 0 unspecified atom stereocenters. The number of thioether (sulfide) groups is 1. The van der Waals surface area contributed by atoms with E-state index < -0.39 is 15.4 Å². The summed E-state index contributed by atoms with van der Waals surface area (Å²) >= 11 is 1.61. The second-order valence-corrected chi connectivity index (χ2v) is 9.88. The molecule has 0 spiro atoms. The van der Waals surface area contributed by atoms with Gasteiger partial charge in [-0.25, -0.2) is 0 Å². The van der Waals surface area contributed by atoms with Crippen LogP contribution in [0.4, 0.5) is 11.4 Å². The van der Waals surface area contributed by atoms with E-state index in [-0.39, 0.29) is 17.2 Å². The number of carbonyl (C=O) groups excluding carboxylic acids is 1. The number of amides is 1. The van der Waals surface area contributed by atoms with Crippen molar-refractivity contribution < 1.29 is 13.2 Å². The van der Waals surface area contributed by atoms with Crippen LogP contribution in [0.15, 0.2) is 62.7 Å². The SMILES string of the molecule is CSc1cccc(NC(=O)CC(C)(C)CC2=NS(=O)(=O)c3ccccc3N2)c1. The van der Waals surface area contributed by atoms with Gasteiger partial charge in [-0.3, -0.25) is 4.79 Å². The number of hydrogen-bond donors (Lipinski definition) is 2. The molecule has 8 heteroatoms. The topological polar surface area (TPSA) is 87.6 Å². The van der Waals surface area contributed by atoms with Gasteiger partial charge in [0.2, 0.25) is 5.91 Å². The van der Waals surface area contributed by atoms with Crippen molar-refractivity contribution in [2.75, 3.05) is 16.9 Å². The Hall–Kier alpha value is -2.32. The summed E-state index contributed by atoms with van der Waals surface area (Å²) < 4.78 is 28.7. The lowest BCUT2D eigenvalue weighted by molar-refractivity contribution is -0.117. The summed E-state index contributed by atoms with van der Waals surface area (Å²) in [6.45, 7) is 3.84. The highest BCUT2D eigenvalue weighted by Gasteiger charge is 2.30. The third-order valence-electron chi connectivity index (χ3n) is 4.31. The second-order valence-electron chi connectivity index (χ2n) is 7.43. The van der Waals surface area contributed by atoms with Crippen molar-refractivity contribution >= 4 is 44.9 Å². The minimum absolute atomic E-state index is 0.122. The van der Waals surface area contributed by atoms with Crippen LogP contribution in [0.5, 0.6) is 0 Å². The van der Waals surface area contributed by atoms with Crippen molar-refractivity contribution in [2.45, 2.75) is 36.5 Å². The molecular weight excluding hydrogens is 394 g/mol. The number of carbonyl (C=O) groups is 1. The quantitative estimate of drug-likeness (QED) is 0.682. The molecule has 28 heavy (non-hydrogen) atoms. The molecule has 0 saturated carbocycles. The Kier molecular flexibility index (Phi) is 5.81. The fourth-order valence-corrected chi connectivity index (χ4v) is 4.71. The van der Waals surface area contributed by atoms with E-state index in [1.165, 1.54) is 6.07 Å². The number of anilines is 2. The number of para-hydroxylation sites is 1. The summed E-state index contributed by atoms with van der Waals surface area (Å²) in [4.78, 5) is 13.7. The summed E-state index contributed by atoms with van der Waals surface area (Å²) in [5.41, 5.74) is 0.786. The molecule has 0 saturated heterocycles. The molecular formula is C20H23N3O3S2. The molecule has 1 heterocycles. The monoisotopic (exact) mass is 417 g/mol. The minimum Gasteiger partial charge on any atom is -0.342 e. The number of sulfonamides is 1. The Labute approximate surface area is 169 Å². The molecule has 1 aliphatic rings. The number of fused-ring (bicyclic) bond motifs is 1. The van der Waals surface area contributed by atoms with Crippen LogP contribution in [0, 0.1) is 5.41 Å². The van der Waals surface area contributed by atoms with E-state index in [0.29, 0.717) is 17.9 Å². The molecule has 2 aromatic rings. The van der Waals surface area contributed by atoms with Crippen LogP contribution in [-0.2, 0) is 14.8 Å². The van der Waals surface area contributed by atoms with Crippen LogP contribution in [-0.4, -0.2) is 26.4 Å². The number of nitrogens with one attached hydrogen (secondary N) is 2. The zero-order chi connectivity index (χ0) is 20.4. The van der Waals surface area contributed by atoms with Gasteiger partial charge >= 0.3 is 0 Å². The molecule has 6 nitrogen and oxygen atoms in total. The maximum atomic E-state index is 12.5. The lowest BCUT2D eigenvalue weighted by atomic mass is 9.84.